The van der Waals surface area contributed by atoms with Gasteiger partial charge in [0, 0.05) is 6.08 Å². The van der Waals surface area contributed by atoms with Gasteiger partial charge in [0.2, 0.25) is 0 Å². The Morgan fingerprint density at radius 3 is 1.82 bits per heavy atom. The summed E-state index contributed by atoms with van der Waals surface area (Å²) in [5.74, 6) is -1.78. The number of esters is 2. The lowest BCUT2D eigenvalue weighted by Gasteiger charge is -2.19. The molecular formula is C14H25O7P. The molecule has 0 aliphatic rings. The van der Waals surface area contributed by atoms with Crippen LogP contribution in [0.1, 0.15) is 39.5 Å². The van der Waals surface area contributed by atoms with Crippen LogP contribution in [-0.4, -0.2) is 39.4 Å². The zero-order valence-electron chi connectivity index (χ0n) is 13.6. The summed E-state index contributed by atoms with van der Waals surface area (Å²) < 4.78 is 32.5. The monoisotopic (exact) mass is 336 g/mol. The maximum atomic E-state index is 12.9. The Hall–Kier alpha value is -1.17. The molecule has 0 N–H and O–H groups in total. The average Bonchev–Trinajstić information content (AvgIpc) is 2.52. The van der Waals surface area contributed by atoms with Crippen molar-refractivity contribution in [1.82, 2.24) is 0 Å². The lowest BCUT2D eigenvalue weighted by molar-refractivity contribution is -0.138. The summed E-state index contributed by atoms with van der Waals surface area (Å²) >= 11 is 0. The minimum Gasteiger partial charge on any atom is -0.466 e. The van der Waals surface area contributed by atoms with Gasteiger partial charge in [-0.2, -0.15) is 0 Å². The van der Waals surface area contributed by atoms with E-state index in [2.05, 4.69) is 9.47 Å². The third kappa shape index (κ3) is 7.20. The first kappa shape index (κ1) is 20.8. The Morgan fingerprint density at radius 2 is 1.45 bits per heavy atom. The quantitative estimate of drug-likeness (QED) is 0.248. The highest BCUT2D eigenvalue weighted by Gasteiger charge is 2.37. The molecule has 0 rings (SSSR count). The van der Waals surface area contributed by atoms with Crippen LogP contribution in [0, 0.1) is 0 Å². The third-order valence-electron chi connectivity index (χ3n) is 2.66. The molecule has 0 aliphatic heterocycles. The van der Waals surface area contributed by atoms with Gasteiger partial charge in [0.25, 0.3) is 0 Å². The molecule has 0 radical (unpaired) electrons. The van der Waals surface area contributed by atoms with E-state index in [0.717, 1.165) is 33.1 Å². The number of carbonyl (C=O) groups excluding carboxylic acids is 2. The Labute approximate surface area is 131 Å². The van der Waals surface area contributed by atoms with E-state index in [0.29, 0.717) is 12.8 Å². The van der Waals surface area contributed by atoms with Crippen LogP contribution in [-0.2, 0) is 32.7 Å². The molecule has 128 valence electrons. The van der Waals surface area contributed by atoms with Gasteiger partial charge in [-0.3, -0.25) is 4.57 Å². The van der Waals surface area contributed by atoms with E-state index < -0.39 is 24.8 Å². The van der Waals surface area contributed by atoms with Crippen molar-refractivity contribution in [3.05, 3.63) is 11.4 Å². The number of hydrogen-bond acceptors (Lipinski definition) is 7. The van der Waals surface area contributed by atoms with E-state index in [1.54, 1.807) is 0 Å². The molecule has 8 heteroatoms. The summed E-state index contributed by atoms with van der Waals surface area (Å²) in [6.07, 6.45) is 3.73. The first-order valence-electron chi connectivity index (χ1n) is 7.22. The summed E-state index contributed by atoms with van der Waals surface area (Å²) in [5, 5.41) is -0.450. The van der Waals surface area contributed by atoms with Crippen LogP contribution in [0.4, 0.5) is 0 Å². The van der Waals surface area contributed by atoms with Gasteiger partial charge in [-0.15, -0.1) is 0 Å². The van der Waals surface area contributed by atoms with E-state index in [-0.39, 0.29) is 13.2 Å². The number of hydrogen-bond donors (Lipinski definition) is 0. The second-order valence-electron chi connectivity index (χ2n) is 4.42. The zero-order chi connectivity index (χ0) is 17.0. The lowest BCUT2D eigenvalue weighted by Crippen LogP contribution is -2.13. The van der Waals surface area contributed by atoms with Gasteiger partial charge in [-0.25, -0.2) is 9.59 Å². The Kier molecular flexibility index (Phi) is 10.8. The fraction of sp³-hybridized carbons (Fsp3) is 0.714. The van der Waals surface area contributed by atoms with Gasteiger partial charge in [0.05, 0.1) is 27.4 Å². The third-order valence-corrected chi connectivity index (χ3v) is 4.61. The second-order valence-corrected chi connectivity index (χ2v) is 6.41. The van der Waals surface area contributed by atoms with Crippen molar-refractivity contribution in [1.29, 1.82) is 0 Å². The van der Waals surface area contributed by atoms with Gasteiger partial charge in [-0.05, 0) is 12.8 Å². The Bertz CT molecular complexity index is 417. The summed E-state index contributed by atoms with van der Waals surface area (Å²) in [7, 11) is -1.67. The smallest absolute Gasteiger partial charge is 0.368 e. The minimum absolute atomic E-state index is 0.148. The predicted molar refractivity (Wildman–Crippen MR) is 81.4 cm³/mol. The number of carbonyl (C=O) groups is 2. The van der Waals surface area contributed by atoms with Crippen molar-refractivity contribution in [2.75, 3.05) is 27.4 Å². The maximum Gasteiger partial charge on any atom is 0.368 e. The van der Waals surface area contributed by atoms with Crippen molar-refractivity contribution in [3.63, 3.8) is 0 Å². The molecule has 0 aromatic carbocycles. The van der Waals surface area contributed by atoms with Crippen molar-refractivity contribution >= 4 is 19.5 Å². The number of unbranched alkanes of at least 4 members (excludes halogenated alkanes) is 2. The number of rotatable bonds is 11. The summed E-state index contributed by atoms with van der Waals surface area (Å²) in [5.41, 5.74) is 0. The van der Waals surface area contributed by atoms with E-state index in [1.807, 2.05) is 13.8 Å². The SMILES string of the molecule is CCCCOP(=O)(OCCCC)/C(=C/C(=O)OC)C(=O)OC. The van der Waals surface area contributed by atoms with Crippen LogP contribution in [0.3, 0.4) is 0 Å². The number of methoxy groups -OCH3 is 2. The van der Waals surface area contributed by atoms with Crippen LogP contribution in [0.2, 0.25) is 0 Å². The fourth-order valence-corrected chi connectivity index (χ4v) is 3.03. The molecule has 0 fully saturated rings. The molecule has 22 heavy (non-hydrogen) atoms. The first-order valence-corrected chi connectivity index (χ1v) is 8.77. The number of ether oxygens (including phenoxy) is 2. The topological polar surface area (TPSA) is 88.1 Å². The molecular weight excluding hydrogens is 311 g/mol. The molecule has 0 spiro atoms. The standard InChI is InChI=1S/C14H25O7P/c1-5-7-9-20-22(17,21-10-8-6-2)12(14(16)19-4)11-13(15)18-3/h11H,5-10H2,1-4H3/b12-11+. The van der Waals surface area contributed by atoms with E-state index in [4.69, 9.17) is 9.05 Å². The molecule has 0 atom stereocenters. The van der Waals surface area contributed by atoms with Crippen LogP contribution in [0.15, 0.2) is 11.4 Å². The highest BCUT2D eigenvalue weighted by atomic mass is 31.2. The van der Waals surface area contributed by atoms with Crippen molar-refractivity contribution in [3.8, 4) is 0 Å². The molecule has 0 saturated carbocycles. The molecule has 0 amide bonds. The van der Waals surface area contributed by atoms with Gasteiger partial charge >= 0.3 is 19.5 Å². The molecule has 0 heterocycles. The van der Waals surface area contributed by atoms with Gasteiger partial charge in [0.15, 0.2) is 5.31 Å². The largest absolute Gasteiger partial charge is 0.466 e. The van der Waals surface area contributed by atoms with Crippen molar-refractivity contribution < 1.29 is 32.7 Å². The van der Waals surface area contributed by atoms with Gasteiger partial charge < -0.3 is 18.5 Å². The second kappa shape index (κ2) is 11.4. The normalized spacial score (nSPS) is 12.1. The van der Waals surface area contributed by atoms with E-state index in [9.17, 15) is 14.2 Å². The molecule has 7 nitrogen and oxygen atoms in total. The fourth-order valence-electron chi connectivity index (χ4n) is 1.36. The minimum atomic E-state index is -3.94. The van der Waals surface area contributed by atoms with Crippen molar-refractivity contribution in [2.24, 2.45) is 0 Å². The Balaban J connectivity index is 5.42. The maximum absolute atomic E-state index is 12.9. The predicted octanol–water partition coefficient (Wildman–Crippen LogP) is 3.04. The summed E-state index contributed by atoms with van der Waals surface area (Å²) in [4.78, 5) is 23.3. The highest BCUT2D eigenvalue weighted by Crippen LogP contribution is 2.56. The van der Waals surface area contributed by atoms with E-state index >= 15 is 0 Å². The van der Waals surface area contributed by atoms with Crippen LogP contribution in [0.5, 0.6) is 0 Å². The van der Waals surface area contributed by atoms with Crippen LogP contribution in [0.25, 0.3) is 0 Å². The van der Waals surface area contributed by atoms with Gasteiger partial charge in [-0.1, -0.05) is 26.7 Å². The van der Waals surface area contributed by atoms with Crippen molar-refractivity contribution in [2.45, 2.75) is 39.5 Å². The van der Waals surface area contributed by atoms with E-state index in [1.165, 1.54) is 0 Å². The molecule has 0 bridgehead atoms. The van der Waals surface area contributed by atoms with Gasteiger partial charge in [0.1, 0.15) is 0 Å². The lowest BCUT2D eigenvalue weighted by atomic mass is 10.4. The summed E-state index contributed by atoms with van der Waals surface area (Å²) in [6.45, 7) is 4.18. The van der Waals surface area contributed by atoms with Crippen LogP contribution < -0.4 is 0 Å². The summed E-state index contributed by atoms with van der Waals surface area (Å²) in [6, 6.07) is 0. The molecule has 0 aliphatic carbocycles. The van der Waals surface area contributed by atoms with Crippen LogP contribution >= 0.6 is 7.60 Å². The molecule has 0 aromatic heterocycles. The zero-order valence-corrected chi connectivity index (χ0v) is 14.5. The first-order chi connectivity index (χ1) is 10.4. The average molecular weight is 336 g/mol. The molecule has 0 aromatic rings. The highest BCUT2D eigenvalue weighted by molar-refractivity contribution is 7.60. The Morgan fingerprint density at radius 1 is 0.955 bits per heavy atom. The molecule has 0 unspecified atom stereocenters. The molecule has 0 saturated heterocycles.